The van der Waals surface area contributed by atoms with E-state index in [4.69, 9.17) is 4.79 Å². The highest BCUT2D eigenvalue weighted by Crippen LogP contribution is 2.22. The average Bonchev–Trinajstić information content (AvgIpc) is 3.14. The third kappa shape index (κ3) is 5.82. The zero-order chi connectivity index (χ0) is 17.8. The van der Waals surface area contributed by atoms with E-state index in [1.165, 1.54) is 18.8 Å². The van der Waals surface area contributed by atoms with Gasteiger partial charge in [-0.15, -0.1) is 5.10 Å². The molecule has 0 atom stereocenters. The monoisotopic (exact) mass is 345 g/mol. The van der Waals surface area contributed by atoms with Crippen molar-refractivity contribution in [3.63, 3.8) is 0 Å². The van der Waals surface area contributed by atoms with Crippen molar-refractivity contribution in [3.8, 4) is 17.1 Å². The van der Waals surface area contributed by atoms with E-state index in [2.05, 4.69) is 25.9 Å². The summed E-state index contributed by atoms with van der Waals surface area (Å²) in [6.45, 7) is 2.00. The third-order valence-corrected chi connectivity index (χ3v) is 3.62. The number of benzene rings is 1. The average molecular weight is 345 g/mol. The van der Waals surface area contributed by atoms with Crippen molar-refractivity contribution >= 4 is 18.6 Å². The van der Waals surface area contributed by atoms with Gasteiger partial charge >= 0.3 is 0 Å². The number of nitrogens with one attached hydrogen (secondary N) is 1. The molecule has 0 unspecified atom stereocenters. The van der Waals surface area contributed by atoms with Gasteiger partial charge in [0.1, 0.15) is 12.5 Å². The van der Waals surface area contributed by atoms with Crippen LogP contribution in [0.25, 0.3) is 11.4 Å². The Balaban J connectivity index is 0.000000671. The van der Waals surface area contributed by atoms with Gasteiger partial charge in [0.05, 0.1) is 0 Å². The Morgan fingerprint density at radius 2 is 1.92 bits per heavy atom. The van der Waals surface area contributed by atoms with Crippen LogP contribution in [-0.4, -0.2) is 39.1 Å². The van der Waals surface area contributed by atoms with E-state index >= 15 is 0 Å². The molecule has 8 heteroatoms. The number of phenolic OH excluding ortho intramolecular Hbond substituents is 1. The molecule has 0 spiro atoms. The van der Waals surface area contributed by atoms with Gasteiger partial charge in [-0.05, 0) is 36.9 Å². The smallest absolute Gasteiger partial charge is 0.209 e. The Hall–Kier alpha value is -2.71. The van der Waals surface area contributed by atoms with Gasteiger partial charge in [-0.1, -0.05) is 23.9 Å². The van der Waals surface area contributed by atoms with Crippen molar-refractivity contribution in [2.75, 3.05) is 7.05 Å². The number of phenols is 1. The number of pyridine rings is 1. The van der Waals surface area contributed by atoms with Crippen molar-refractivity contribution in [2.45, 2.75) is 10.9 Å². The van der Waals surface area contributed by atoms with Crippen LogP contribution in [0.4, 0.5) is 0 Å². The fourth-order valence-electron chi connectivity index (χ4n) is 1.68. The van der Waals surface area contributed by atoms with Crippen molar-refractivity contribution in [2.24, 2.45) is 5.73 Å². The maximum absolute atomic E-state index is 9.23. The van der Waals surface area contributed by atoms with Crippen molar-refractivity contribution in [1.29, 1.82) is 0 Å². The van der Waals surface area contributed by atoms with Gasteiger partial charge in [-0.3, -0.25) is 10.1 Å². The first-order chi connectivity index (χ1) is 11.8. The minimum absolute atomic E-state index is 0.274. The molecule has 0 saturated carbocycles. The SMILES string of the molecule is C=O.CN.Oc1ccc(CSc2n[nH]c(-c3cccnc3)n2)cc1. The van der Waals surface area contributed by atoms with Gasteiger partial charge in [0, 0.05) is 23.7 Å². The van der Waals surface area contributed by atoms with Crippen LogP contribution in [-0.2, 0) is 10.5 Å². The lowest BCUT2D eigenvalue weighted by atomic mass is 10.2. The fourth-order valence-corrected chi connectivity index (χ4v) is 2.44. The topological polar surface area (TPSA) is 118 Å². The number of nitrogens with zero attached hydrogens (tertiary/aromatic N) is 3. The molecule has 0 radical (unpaired) electrons. The molecule has 0 saturated heterocycles. The lowest BCUT2D eigenvalue weighted by Gasteiger charge is -1.98. The minimum atomic E-state index is 0.274. The number of H-pyrrole nitrogens is 1. The van der Waals surface area contributed by atoms with Crippen LogP contribution in [0.3, 0.4) is 0 Å². The molecule has 2 aromatic heterocycles. The quantitative estimate of drug-likeness (QED) is 0.621. The van der Waals surface area contributed by atoms with Gasteiger partial charge in [0.15, 0.2) is 5.82 Å². The third-order valence-electron chi connectivity index (χ3n) is 2.70. The lowest BCUT2D eigenvalue weighted by molar-refractivity contribution is -0.0979. The zero-order valence-electron chi connectivity index (χ0n) is 13.2. The Morgan fingerprint density at radius 3 is 2.54 bits per heavy atom. The highest BCUT2D eigenvalue weighted by Gasteiger charge is 2.06. The molecule has 2 heterocycles. The second kappa shape index (κ2) is 10.9. The van der Waals surface area contributed by atoms with Crippen molar-refractivity contribution < 1.29 is 9.90 Å². The molecule has 1 aromatic carbocycles. The van der Waals surface area contributed by atoms with Crippen LogP contribution in [0.2, 0.25) is 0 Å². The fraction of sp³-hybridized carbons (Fsp3) is 0.125. The number of hydrogen-bond acceptors (Lipinski definition) is 7. The summed E-state index contributed by atoms with van der Waals surface area (Å²) in [4.78, 5) is 16.5. The normalized spacial score (nSPS) is 9.25. The van der Waals surface area contributed by atoms with Crippen LogP contribution in [0, 0.1) is 0 Å². The maximum atomic E-state index is 9.23. The molecular weight excluding hydrogens is 326 g/mol. The minimum Gasteiger partial charge on any atom is -0.508 e. The molecule has 0 aliphatic carbocycles. The molecular formula is C16H19N5O2S. The largest absolute Gasteiger partial charge is 0.508 e. The number of nitrogens with two attached hydrogens (primary N) is 1. The van der Waals surface area contributed by atoms with Crippen LogP contribution >= 0.6 is 11.8 Å². The highest BCUT2D eigenvalue weighted by molar-refractivity contribution is 7.98. The second-order valence-corrected chi connectivity index (χ2v) is 5.11. The summed E-state index contributed by atoms with van der Waals surface area (Å²) >= 11 is 1.54. The Labute approximate surface area is 144 Å². The summed E-state index contributed by atoms with van der Waals surface area (Å²) in [5, 5.41) is 17.0. The summed E-state index contributed by atoms with van der Waals surface area (Å²) in [5.41, 5.74) is 6.53. The predicted octanol–water partition coefficient (Wildman–Crippen LogP) is 2.25. The van der Waals surface area contributed by atoms with Gasteiger partial charge in [0.25, 0.3) is 0 Å². The second-order valence-electron chi connectivity index (χ2n) is 4.16. The van der Waals surface area contributed by atoms with Gasteiger partial charge in [0.2, 0.25) is 5.16 Å². The molecule has 3 aromatic rings. The maximum Gasteiger partial charge on any atom is 0.209 e. The first kappa shape index (κ1) is 19.3. The lowest BCUT2D eigenvalue weighted by Crippen LogP contribution is -1.82. The predicted molar refractivity (Wildman–Crippen MR) is 94.5 cm³/mol. The Bertz CT molecular complexity index is 704. The summed E-state index contributed by atoms with van der Waals surface area (Å²) in [7, 11) is 1.50. The van der Waals surface area contributed by atoms with Crippen molar-refractivity contribution in [1.82, 2.24) is 20.2 Å². The standard InChI is InChI=1S/C14H12N4OS.CH5N.CH2O/c19-12-5-3-10(4-6-12)9-20-14-16-13(17-18-14)11-2-1-7-15-8-11;2*1-2/h1-8,19H,9H2,(H,16,17,18);2H2,1H3;1H2. The van der Waals surface area contributed by atoms with Gasteiger partial charge in [-0.25, -0.2) is 4.98 Å². The van der Waals surface area contributed by atoms with Crippen LogP contribution in [0.15, 0.2) is 53.9 Å². The zero-order valence-corrected chi connectivity index (χ0v) is 14.0. The molecule has 0 bridgehead atoms. The number of aromatic amines is 1. The number of aromatic nitrogens is 4. The molecule has 3 rings (SSSR count). The molecule has 0 fully saturated rings. The van der Waals surface area contributed by atoms with E-state index in [1.807, 2.05) is 31.1 Å². The summed E-state index contributed by atoms with van der Waals surface area (Å²) in [6, 6.07) is 10.9. The first-order valence-electron chi connectivity index (χ1n) is 6.91. The van der Waals surface area contributed by atoms with Crippen LogP contribution in [0.1, 0.15) is 5.56 Å². The molecule has 0 amide bonds. The van der Waals surface area contributed by atoms with E-state index in [9.17, 15) is 5.11 Å². The Kier molecular flexibility index (Phi) is 8.80. The number of hydrogen-bond donors (Lipinski definition) is 3. The van der Waals surface area contributed by atoms with Crippen LogP contribution in [0.5, 0.6) is 5.75 Å². The number of aromatic hydroxyl groups is 1. The summed E-state index contributed by atoms with van der Waals surface area (Å²) in [5.74, 6) is 1.74. The van der Waals surface area contributed by atoms with Gasteiger partial charge < -0.3 is 15.6 Å². The first-order valence-corrected chi connectivity index (χ1v) is 7.90. The number of carbonyl (C=O) groups excluding carboxylic acids is 1. The summed E-state index contributed by atoms with van der Waals surface area (Å²) < 4.78 is 0. The van der Waals surface area contributed by atoms with E-state index in [1.54, 1.807) is 24.5 Å². The number of rotatable bonds is 4. The molecule has 126 valence electrons. The highest BCUT2D eigenvalue weighted by atomic mass is 32.2. The number of carbonyl (C=O) groups is 1. The number of thioether (sulfide) groups is 1. The molecule has 4 N–H and O–H groups in total. The Morgan fingerprint density at radius 1 is 1.21 bits per heavy atom. The van der Waals surface area contributed by atoms with E-state index in [0.29, 0.717) is 11.0 Å². The molecule has 0 aliphatic heterocycles. The van der Waals surface area contributed by atoms with Crippen molar-refractivity contribution in [3.05, 3.63) is 54.4 Å². The van der Waals surface area contributed by atoms with E-state index in [0.717, 1.165) is 16.9 Å². The van der Waals surface area contributed by atoms with E-state index < -0.39 is 0 Å². The molecule has 7 nitrogen and oxygen atoms in total. The van der Waals surface area contributed by atoms with E-state index in [-0.39, 0.29) is 5.75 Å². The van der Waals surface area contributed by atoms with Crippen LogP contribution < -0.4 is 5.73 Å². The van der Waals surface area contributed by atoms with Gasteiger partial charge in [-0.2, -0.15) is 0 Å². The molecule has 24 heavy (non-hydrogen) atoms. The molecule has 0 aliphatic rings. The summed E-state index contributed by atoms with van der Waals surface area (Å²) in [6.07, 6.45) is 3.47.